The summed E-state index contributed by atoms with van der Waals surface area (Å²) in [5.74, 6) is 0. The van der Waals surface area contributed by atoms with Gasteiger partial charge in [0.05, 0.1) is 29.5 Å². The van der Waals surface area contributed by atoms with Crippen molar-refractivity contribution < 1.29 is 13.2 Å². The van der Waals surface area contributed by atoms with Crippen LogP contribution in [-0.2, 0) is 12.8 Å². The zero-order valence-electron chi connectivity index (χ0n) is 9.45. The van der Waals surface area contributed by atoms with E-state index in [0.717, 1.165) is 18.2 Å². The van der Waals surface area contributed by atoms with Crippen molar-refractivity contribution in [3.05, 3.63) is 40.4 Å². The molecule has 0 spiro atoms. The molecule has 1 heterocycles. The van der Waals surface area contributed by atoms with Gasteiger partial charge in [0, 0.05) is 0 Å². The van der Waals surface area contributed by atoms with Crippen LogP contribution in [0.5, 0.6) is 0 Å². The van der Waals surface area contributed by atoms with Crippen LogP contribution in [0.15, 0.2) is 29.3 Å². The molecule has 0 aliphatic rings. The molecule has 0 aliphatic carbocycles. The van der Waals surface area contributed by atoms with Crippen molar-refractivity contribution in [2.24, 2.45) is 0 Å². The molecule has 1 aromatic carbocycles. The molecule has 0 aliphatic heterocycles. The molecule has 2 aromatic rings. The lowest BCUT2D eigenvalue weighted by Crippen LogP contribution is -2.26. The number of nitrogens with one attached hydrogen (secondary N) is 1. The van der Waals surface area contributed by atoms with Gasteiger partial charge in [-0.15, -0.1) is 0 Å². The molecule has 1 N–H and O–H groups in total. The van der Waals surface area contributed by atoms with Crippen LogP contribution in [0.3, 0.4) is 0 Å². The van der Waals surface area contributed by atoms with Crippen LogP contribution in [0.1, 0.15) is 5.56 Å². The zero-order chi connectivity index (χ0) is 13.3. The highest BCUT2D eigenvalue weighted by Gasteiger charge is 2.30. The molecule has 18 heavy (non-hydrogen) atoms. The number of aromatic nitrogens is 2. The number of halogens is 3. The van der Waals surface area contributed by atoms with Crippen molar-refractivity contribution in [1.82, 2.24) is 14.9 Å². The average molecular weight is 257 g/mol. The summed E-state index contributed by atoms with van der Waals surface area (Å²) in [4.78, 5) is 15.7. The summed E-state index contributed by atoms with van der Waals surface area (Å²) >= 11 is 0. The number of fused-ring (bicyclic) bond motifs is 1. The maximum atomic E-state index is 12.5. The van der Waals surface area contributed by atoms with Gasteiger partial charge in [-0.1, -0.05) is 0 Å². The molecule has 0 amide bonds. The normalized spacial score (nSPS) is 12.0. The largest absolute Gasteiger partial charge is 0.416 e. The number of alkyl halides is 3. The Morgan fingerprint density at radius 3 is 2.72 bits per heavy atom. The number of hydrogen-bond donors (Lipinski definition) is 1. The van der Waals surface area contributed by atoms with Crippen LogP contribution in [0, 0.1) is 0 Å². The fourth-order valence-corrected chi connectivity index (χ4v) is 1.62. The van der Waals surface area contributed by atoms with E-state index in [-0.39, 0.29) is 23.1 Å². The third-order valence-electron chi connectivity index (χ3n) is 2.48. The predicted molar refractivity (Wildman–Crippen MR) is 60.1 cm³/mol. The van der Waals surface area contributed by atoms with Crippen molar-refractivity contribution in [1.29, 1.82) is 0 Å². The predicted octanol–water partition coefficient (Wildman–Crippen LogP) is 1.59. The van der Waals surface area contributed by atoms with E-state index >= 15 is 0 Å². The first-order valence-corrected chi connectivity index (χ1v) is 5.14. The standard InChI is InChI=1S/C11H10F3N3O/c1-15-5-17-6-16-9-4-7(11(12,13)14)2-3-8(9)10(17)18/h2-4,6,15H,5H2,1H3. The SMILES string of the molecule is CNCn1cnc2cc(C(F)(F)F)ccc2c1=O. The number of rotatable bonds is 2. The van der Waals surface area contributed by atoms with E-state index in [1.165, 1.54) is 10.9 Å². The van der Waals surface area contributed by atoms with Gasteiger partial charge in [0.2, 0.25) is 0 Å². The Morgan fingerprint density at radius 1 is 1.39 bits per heavy atom. The Hall–Kier alpha value is -1.89. The van der Waals surface area contributed by atoms with Crippen LogP contribution >= 0.6 is 0 Å². The van der Waals surface area contributed by atoms with Crippen LogP contribution in [-0.4, -0.2) is 16.6 Å². The van der Waals surface area contributed by atoms with Crippen molar-refractivity contribution in [3.63, 3.8) is 0 Å². The van der Waals surface area contributed by atoms with Gasteiger partial charge in [0.15, 0.2) is 0 Å². The Balaban J connectivity index is 2.62. The van der Waals surface area contributed by atoms with E-state index in [9.17, 15) is 18.0 Å². The Labute approximate surface area is 100 Å². The molecule has 2 rings (SSSR count). The second kappa shape index (κ2) is 4.41. The first-order valence-electron chi connectivity index (χ1n) is 5.14. The molecule has 0 bridgehead atoms. The fourth-order valence-electron chi connectivity index (χ4n) is 1.62. The molecule has 7 heteroatoms. The van der Waals surface area contributed by atoms with E-state index < -0.39 is 11.7 Å². The highest BCUT2D eigenvalue weighted by molar-refractivity contribution is 5.78. The second-order valence-electron chi connectivity index (χ2n) is 3.76. The average Bonchev–Trinajstić information content (AvgIpc) is 2.31. The molecule has 96 valence electrons. The van der Waals surface area contributed by atoms with E-state index in [2.05, 4.69) is 10.3 Å². The summed E-state index contributed by atoms with van der Waals surface area (Å²) in [7, 11) is 1.66. The summed E-state index contributed by atoms with van der Waals surface area (Å²) in [6.07, 6.45) is -3.21. The first-order chi connectivity index (χ1) is 8.43. The van der Waals surface area contributed by atoms with Gasteiger partial charge >= 0.3 is 6.18 Å². The lowest BCUT2D eigenvalue weighted by molar-refractivity contribution is -0.137. The molecule has 0 fully saturated rings. The molecular formula is C11H10F3N3O. The van der Waals surface area contributed by atoms with Gasteiger partial charge < -0.3 is 5.32 Å². The summed E-state index contributed by atoms with van der Waals surface area (Å²) < 4.78 is 38.8. The second-order valence-corrected chi connectivity index (χ2v) is 3.76. The van der Waals surface area contributed by atoms with E-state index in [1.54, 1.807) is 7.05 Å². The van der Waals surface area contributed by atoms with E-state index in [4.69, 9.17) is 0 Å². The summed E-state index contributed by atoms with van der Waals surface area (Å²) in [6.45, 7) is 0.253. The summed E-state index contributed by atoms with van der Waals surface area (Å²) in [6, 6.07) is 2.91. The minimum Gasteiger partial charge on any atom is -0.303 e. The van der Waals surface area contributed by atoms with Crippen LogP contribution < -0.4 is 10.9 Å². The van der Waals surface area contributed by atoms with Gasteiger partial charge in [-0.3, -0.25) is 9.36 Å². The molecular weight excluding hydrogens is 247 g/mol. The number of benzene rings is 1. The minimum atomic E-state index is -4.43. The Bertz CT molecular complexity index is 633. The minimum absolute atomic E-state index is 0.0437. The molecule has 4 nitrogen and oxygen atoms in total. The maximum absolute atomic E-state index is 12.5. The lowest BCUT2D eigenvalue weighted by atomic mass is 10.1. The Kier molecular flexibility index (Phi) is 3.08. The van der Waals surface area contributed by atoms with Crippen molar-refractivity contribution in [3.8, 4) is 0 Å². The van der Waals surface area contributed by atoms with Gasteiger partial charge in [-0.25, -0.2) is 4.98 Å². The smallest absolute Gasteiger partial charge is 0.303 e. The first kappa shape index (κ1) is 12.6. The molecule has 0 saturated carbocycles. The highest BCUT2D eigenvalue weighted by atomic mass is 19.4. The molecule has 0 atom stereocenters. The van der Waals surface area contributed by atoms with Crippen molar-refractivity contribution >= 4 is 10.9 Å². The van der Waals surface area contributed by atoms with E-state index in [1.807, 2.05) is 0 Å². The van der Waals surface area contributed by atoms with Crippen LogP contribution in [0.4, 0.5) is 13.2 Å². The molecule has 1 aromatic heterocycles. The van der Waals surface area contributed by atoms with Crippen molar-refractivity contribution in [2.45, 2.75) is 12.8 Å². The van der Waals surface area contributed by atoms with Crippen LogP contribution in [0.25, 0.3) is 10.9 Å². The van der Waals surface area contributed by atoms with Crippen molar-refractivity contribution in [2.75, 3.05) is 7.05 Å². The molecule has 0 unspecified atom stereocenters. The maximum Gasteiger partial charge on any atom is 0.416 e. The van der Waals surface area contributed by atoms with Gasteiger partial charge in [0.1, 0.15) is 0 Å². The Morgan fingerprint density at radius 2 is 2.11 bits per heavy atom. The monoisotopic (exact) mass is 257 g/mol. The van der Waals surface area contributed by atoms with Gasteiger partial charge in [0.25, 0.3) is 5.56 Å². The molecule has 0 radical (unpaired) electrons. The van der Waals surface area contributed by atoms with Gasteiger partial charge in [-0.05, 0) is 25.2 Å². The van der Waals surface area contributed by atoms with Crippen LogP contribution in [0.2, 0.25) is 0 Å². The molecule has 0 saturated heterocycles. The lowest BCUT2D eigenvalue weighted by Gasteiger charge is -2.08. The third-order valence-corrected chi connectivity index (χ3v) is 2.48. The summed E-state index contributed by atoms with van der Waals surface area (Å²) in [5.41, 5.74) is -1.14. The number of hydrogen-bond acceptors (Lipinski definition) is 3. The van der Waals surface area contributed by atoms with Gasteiger partial charge in [-0.2, -0.15) is 13.2 Å². The zero-order valence-corrected chi connectivity index (χ0v) is 9.45. The number of nitrogens with zero attached hydrogens (tertiary/aromatic N) is 2. The van der Waals surface area contributed by atoms with E-state index in [0.29, 0.717) is 0 Å². The quantitative estimate of drug-likeness (QED) is 0.888. The third kappa shape index (κ3) is 2.21. The highest BCUT2D eigenvalue weighted by Crippen LogP contribution is 2.30. The fraction of sp³-hybridized carbons (Fsp3) is 0.273. The topological polar surface area (TPSA) is 46.9 Å². The summed E-state index contributed by atoms with van der Waals surface area (Å²) in [5, 5.41) is 2.94.